The lowest BCUT2D eigenvalue weighted by molar-refractivity contribution is -1.01. The summed E-state index contributed by atoms with van der Waals surface area (Å²) in [6.45, 7) is 8.05. The maximum Gasteiger partial charge on any atom is 0.292 e. The van der Waals surface area contributed by atoms with Crippen molar-refractivity contribution in [3.8, 4) is 0 Å². The quantitative estimate of drug-likeness (QED) is 0.643. The van der Waals surface area contributed by atoms with Gasteiger partial charge in [0.1, 0.15) is 26.2 Å². The first kappa shape index (κ1) is 15.2. The van der Waals surface area contributed by atoms with Crippen LogP contribution in [0.5, 0.6) is 0 Å². The lowest BCUT2D eigenvalue weighted by Crippen LogP contribution is -3.29. The predicted molar refractivity (Wildman–Crippen MR) is 84.1 cm³/mol. The van der Waals surface area contributed by atoms with Gasteiger partial charge >= 0.3 is 0 Å². The highest BCUT2D eigenvalue weighted by Gasteiger charge is 2.47. The molecule has 5 nitrogen and oxygen atoms in total. The summed E-state index contributed by atoms with van der Waals surface area (Å²) in [5.41, 5.74) is 2.88. The number of nitrogens with zero attached hydrogens (tertiary/aromatic N) is 1. The molecule has 2 saturated heterocycles. The smallest absolute Gasteiger partial charge is 0.292 e. The average molecular weight is 303 g/mol. The molecule has 0 radical (unpaired) electrons. The second-order valence-corrected chi connectivity index (χ2v) is 6.73. The van der Waals surface area contributed by atoms with E-state index in [-0.39, 0.29) is 17.9 Å². The van der Waals surface area contributed by atoms with Gasteiger partial charge in [0, 0.05) is 0 Å². The molecule has 0 aromatic heterocycles. The van der Waals surface area contributed by atoms with Gasteiger partial charge in [-0.25, -0.2) is 4.90 Å². The molecule has 1 atom stereocenters. The van der Waals surface area contributed by atoms with Crippen molar-refractivity contribution in [1.29, 1.82) is 0 Å². The molecule has 0 aliphatic carbocycles. The van der Waals surface area contributed by atoms with E-state index >= 15 is 0 Å². The van der Waals surface area contributed by atoms with E-state index in [0.717, 1.165) is 43.0 Å². The van der Waals surface area contributed by atoms with Crippen molar-refractivity contribution in [2.24, 2.45) is 0 Å². The highest BCUT2D eigenvalue weighted by molar-refractivity contribution is 6.22. The lowest BCUT2D eigenvalue weighted by Gasteiger charge is -2.30. The van der Waals surface area contributed by atoms with E-state index in [2.05, 4.69) is 7.05 Å². The van der Waals surface area contributed by atoms with Gasteiger partial charge in [0.15, 0.2) is 6.04 Å². The van der Waals surface area contributed by atoms with Crippen LogP contribution in [0, 0.1) is 13.8 Å². The number of hydrogen-bond donors (Lipinski definition) is 2. The molecular formula is C17H25N3O2+2. The zero-order chi connectivity index (χ0) is 15.9. The Balaban J connectivity index is 1.82. The largest absolute Gasteiger partial charge is 0.328 e. The number of anilines is 1. The van der Waals surface area contributed by atoms with Gasteiger partial charge < -0.3 is 9.80 Å². The number of rotatable bonds is 2. The van der Waals surface area contributed by atoms with Crippen molar-refractivity contribution in [3.63, 3.8) is 0 Å². The van der Waals surface area contributed by atoms with Crippen LogP contribution in [0.4, 0.5) is 5.69 Å². The van der Waals surface area contributed by atoms with Crippen molar-refractivity contribution < 1.29 is 19.4 Å². The summed E-state index contributed by atoms with van der Waals surface area (Å²) in [5, 5.41) is 0. The Morgan fingerprint density at radius 3 is 2.41 bits per heavy atom. The van der Waals surface area contributed by atoms with E-state index in [1.807, 2.05) is 32.0 Å². The van der Waals surface area contributed by atoms with Crippen molar-refractivity contribution in [1.82, 2.24) is 0 Å². The number of quaternary nitrogens is 2. The standard InChI is InChI=1S/C17H23N3O2/c1-12-4-5-14(13(2)10-12)20-16(21)11-15(17(20)22)19-8-6-18(3)7-9-19/h4-5,10,15H,6-9,11H2,1-3H3/p+2/t15-/m1/s1. The Bertz CT molecular complexity index is 606. The summed E-state index contributed by atoms with van der Waals surface area (Å²) in [4.78, 5) is 29.4. The van der Waals surface area contributed by atoms with E-state index in [9.17, 15) is 9.59 Å². The summed E-state index contributed by atoms with van der Waals surface area (Å²) in [6.07, 6.45) is 0.348. The molecule has 2 fully saturated rings. The molecule has 2 aliphatic rings. The van der Waals surface area contributed by atoms with Gasteiger partial charge in [0.05, 0.1) is 19.2 Å². The summed E-state index contributed by atoms with van der Waals surface area (Å²) in [5.74, 6) is -0.0766. The SMILES string of the molecule is Cc1ccc(N2C(=O)C[C@@H]([NH+]3CC[NH+](C)CC3)C2=O)c(C)c1. The number of amides is 2. The first-order chi connectivity index (χ1) is 10.5. The molecule has 0 bridgehead atoms. The molecule has 1 aromatic rings. The topological polar surface area (TPSA) is 46.3 Å². The van der Waals surface area contributed by atoms with Gasteiger partial charge in [-0.15, -0.1) is 0 Å². The van der Waals surface area contributed by atoms with Gasteiger partial charge in [-0.2, -0.15) is 0 Å². The van der Waals surface area contributed by atoms with Crippen LogP contribution in [-0.2, 0) is 9.59 Å². The van der Waals surface area contributed by atoms with Crippen LogP contribution in [0.25, 0.3) is 0 Å². The normalized spacial score (nSPS) is 29.2. The number of piperazine rings is 1. The number of benzene rings is 1. The molecule has 2 N–H and O–H groups in total. The van der Waals surface area contributed by atoms with E-state index in [0.29, 0.717) is 6.42 Å². The molecule has 0 spiro atoms. The molecule has 2 aliphatic heterocycles. The fraction of sp³-hybridized carbons (Fsp3) is 0.529. The Labute approximate surface area is 131 Å². The highest BCUT2D eigenvalue weighted by Crippen LogP contribution is 2.26. The second kappa shape index (κ2) is 5.82. The molecule has 22 heavy (non-hydrogen) atoms. The average Bonchev–Trinajstić information content (AvgIpc) is 2.76. The zero-order valence-corrected chi connectivity index (χ0v) is 13.6. The Morgan fingerprint density at radius 1 is 1.09 bits per heavy atom. The van der Waals surface area contributed by atoms with Crippen molar-refractivity contribution in [2.45, 2.75) is 26.3 Å². The molecule has 5 heteroatoms. The third-order valence-electron chi connectivity index (χ3n) is 4.98. The fourth-order valence-corrected chi connectivity index (χ4v) is 3.61. The third-order valence-corrected chi connectivity index (χ3v) is 4.98. The zero-order valence-electron chi connectivity index (χ0n) is 13.6. The van der Waals surface area contributed by atoms with Crippen LogP contribution in [0.15, 0.2) is 18.2 Å². The molecule has 0 unspecified atom stereocenters. The molecular weight excluding hydrogens is 278 g/mol. The fourth-order valence-electron chi connectivity index (χ4n) is 3.61. The second-order valence-electron chi connectivity index (χ2n) is 6.73. The van der Waals surface area contributed by atoms with Crippen molar-refractivity contribution in [3.05, 3.63) is 29.3 Å². The van der Waals surface area contributed by atoms with Gasteiger partial charge in [-0.1, -0.05) is 17.7 Å². The maximum atomic E-state index is 12.8. The van der Waals surface area contributed by atoms with Crippen LogP contribution in [0.3, 0.4) is 0 Å². The van der Waals surface area contributed by atoms with Crippen molar-refractivity contribution in [2.75, 3.05) is 38.1 Å². The van der Waals surface area contributed by atoms with E-state index < -0.39 is 0 Å². The minimum atomic E-state index is -0.193. The highest BCUT2D eigenvalue weighted by atomic mass is 16.2. The van der Waals surface area contributed by atoms with E-state index in [1.165, 1.54) is 14.7 Å². The number of likely N-dealkylation sites (N-methyl/N-ethyl adjacent to an activating group) is 1. The minimum absolute atomic E-state index is 0.0218. The number of aryl methyl sites for hydroxylation is 2. The van der Waals surface area contributed by atoms with Crippen LogP contribution in [-0.4, -0.2) is 51.1 Å². The van der Waals surface area contributed by atoms with Gasteiger partial charge in [-0.3, -0.25) is 9.59 Å². The minimum Gasteiger partial charge on any atom is -0.328 e. The molecule has 2 heterocycles. The summed E-state index contributed by atoms with van der Waals surface area (Å²) < 4.78 is 0. The van der Waals surface area contributed by atoms with Gasteiger partial charge in [0.2, 0.25) is 5.91 Å². The Morgan fingerprint density at radius 2 is 1.77 bits per heavy atom. The maximum absolute atomic E-state index is 12.8. The number of hydrogen-bond acceptors (Lipinski definition) is 2. The van der Waals surface area contributed by atoms with Gasteiger partial charge in [-0.05, 0) is 25.5 Å². The summed E-state index contributed by atoms with van der Waals surface area (Å²) >= 11 is 0. The molecule has 2 amide bonds. The van der Waals surface area contributed by atoms with E-state index in [1.54, 1.807) is 0 Å². The van der Waals surface area contributed by atoms with Crippen LogP contribution >= 0.6 is 0 Å². The summed E-state index contributed by atoms with van der Waals surface area (Å²) in [6, 6.07) is 5.69. The molecule has 3 rings (SSSR count). The van der Waals surface area contributed by atoms with Crippen molar-refractivity contribution >= 4 is 17.5 Å². The molecule has 0 saturated carbocycles. The number of carbonyl (C=O) groups excluding carboxylic acids is 2. The first-order valence-electron chi connectivity index (χ1n) is 8.07. The van der Waals surface area contributed by atoms with Gasteiger partial charge in [0.25, 0.3) is 5.91 Å². The van der Waals surface area contributed by atoms with E-state index in [4.69, 9.17) is 0 Å². The summed E-state index contributed by atoms with van der Waals surface area (Å²) in [7, 11) is 2.18. The number of carbonyl (C=O) groups is 2. The Hall–Kier alpha value is -1.72. The number of imide groups is 1. The van der Waals surface area contributed by atoms with Crippen LogP contribution < -0.4 is 14.7 Å². The molecule has 1 aromatic carbocycles. The molecule has 118 valence electrons. The number of nitrogens with one attached hydrogen (secondary N) is 2. The van der Waals surface area contributed by atoms with Crippen LogP contribution in [0.2, 0.25) is 0 Å². The monoisotopic (exact) mass is 303 g/mol. The third kappa shape index (κ3) is 2.66. The Kier molecular flexibility index (Phi) is 4.02. The first-order valence-corrected chi connectivity index (χ1v) is 8.07. The predicted octanol–water partition coefficient (Wildman–Crippen LogP) is -1.65. The van der Waals surface area contributed by atoms with Crippen LogP contribution in [0.1, 0.15) is 17.5 Å². The lowest BCUT2D eigenvalue weighted by atomic mass is 10.1.